The Kier molecular flexibility index (Phi) is 4.30. The molecule has 0 aromatic heterocycles. The van der Waals surface area contributed by atoms with Crippen LogP contribution >= 0.6 is 12.6 Å². The molecule has 18 heavy (non-hydrogen) atoms. The van der Waals surface area contributed by atoms with Crippen LogP contribution in [0, 0.1) is 0 Å². The first-order chi connectivity index (χ1) is 8.56. The Morgan fingerprint density at radius 1 is 1.33 bits per heavy atom. The van der Waals surface area contributed by atoms with E-state index < -0.39 is 0 Å². The summed E-state index contributed by atoms with van der Waals surface area (Å²) in [7, 11) is 4.15. The minimum absolute atomic E-state index is 0.172. The zero-order chi connectivity index (χ0) is 13.1. The number of hydrogen-bond acceptors (Lipinski definition) is 3. The van der Waals surface area contributed by atoms with E-state index in [9.17, 15) is 4.79 Å². The predicted octanol–water partition coefficient (Wildman–Crippen LogP) is 1.83. The molecular formula is C14H20N2OS. The number of likely N-dealkylation sites (N-methyl/N-ethyl adjacent to an activating group) is 1. The van der Waals surface area contributed by atoms with E-state index in [4.69, 9.17) is 0 Å². The van der Waals surface area contributed by atoms with Gasteiger partial charge in [-0.1, -0.05) is 12.1 Å². The van der Waals surface area contributed by atoms with Crippen LogP contribution < -0.4 is 4.90 Å². The lowest BCUT2D eigenvalue weighted by molar-refractivity contribution is -0.117. The van der Waals surface area contributed by atoms with Crippen molar-refractivity contribution < 1.29 is 4.79 Å². The van der Waals surface area contributed by atoms with Gasteiger partial charge in [0.15, 0.2) is 0 Å². The van der Waals surface area contributed by atoms with Gasteiger partial charge in [0.2, 0.25) is 5.91 Å². The van der Waals surface area contributed by atoms with Crippen molar-refractivity contribution in [3.63, 3.8) is 0 Å². The fourth-order valence-electron chi connectivity index (χ4n) is 2.13. The second-order valence-electron chi connectivity index (χ2n) is 5.08. The summed E-state index contributed by atoms with van der Waals surface area (Å²) in [5.41, 5.74) is 2.30. The molecule has 0 aliphatic carbocycles. The third-order valence-corrected chi connectivity index (χ3v) is 3.55. The quantitative estimate of drug-likeness (QED) is 0.839. The van der Waals surface area contributed by atoms with Gasteiger partial charge in [0, 0.05) is 30.4 Å². The van der Waals surface area contributed by atoms with Crippen molar-refractivity contribution in [3.8, 4) is 0 Å². The van der Waals surface area contributed by atoms with Gasteiger partial charge in [0.1, 0.15) is 0 Å². The molecule has 0 spiro atoms. The molecule has 1 aliphatic rings. The average molecular weight is 264 g/mol. The lowest BCUT2D eigenvalue weighted by Crippen LogP contribution is -2.24. The fraction of sp³-hybridized carbons (Fsp3) is 0.500. The summed E-state index contributed by atoms with van der Waals surface area (Å²) in [4.78, 5) is 15.8. The molecule has 0 N–H and O–H groups in total. The van der Waals surface area contributed by atoms with Gasteiger partial charge in [0.05, 0.1) is 0 Å². The average Bonchev–Trinajstić information content (AvgIpc) is 2.66. The first-order valence-electron chi connectivity index (χ1n) is 6.28. The van der Waals surface area contributed by atoms with Crippen LogP contribution in [0.25, 0.3) is 0 Å². The minimum atomic E-state index is 0.172. The van der Waals surface area contributed by atoms with Crippen molar-refractivity contribution in [3.05, 3.63) is 29.8 Å². The highest BCUT2D eigenvalue weighted by molar-refractivity contribution is 7.81. The van der Waals surface area contributed by atoms with Gasteiger partial charge in [0.25, 0.3) is 0 Å². The molecule has 1 aromatic carbocycles. The van der Waals surface area contributed by atoms with Crippen LogP contribution in [0.1, 0.15) is 12.0 Å². The molecule has 1 saturated heterocycles. The molecular weight excluding hydrogens is 244 g/mol. The Bertz CT molecular complexity index is 416. The van der Waals surface area contributed by atoms with Crippen LogP contribution in [0.15, 0.2) is 24.3 Å². The highest BCUT2D eigenvalue weighted by Gasteiger charge is 2.27. The molecule has 0 bridgehead atoms. The van der Waals surface area contributed by atoms with Crippen molar-refractivity contribution in [1.29, 1.82) is 0 Å². The molecule has 0 radical (unpaired) electrons. The van der Waals surface area contributed by atoms with E-state index in [1.54, 1.807) is 0 Å². The predicted molar refractivity (Wildman–Crippen MR) is 78.4 cm³/mol. The number of carbonyl (C=O) groups is 1. The molecule has 3 nitrogen and oxygen atoms in total. The Labute approximate surface area is 114 Å². The van der Waals surface area contributed by atoms with Crippen LogP contribution in [0.5, 0.6) is 0 Å². The lowest BCUT2D eigenvalue weighted by atomic mass is 10.1. The molecule has 1 aliphatic heterocycles. The maximum atomic E-state index is 11.8. The van der Waals surface area contributed by atoms with Crippen molar-refractivity contribution in [1.82, 2.24) is 4.90 Å². The molecule has 4 heteroatoms. The summed E-state index contributed by atoms with van der Waals surface area (Å²) in [6, 6.07) is 8.29. The smallest absolute Gasteiger partial charge is 0.228 e. The summed E-state index contributed by atoms with van der Waals surface area (Å²) in [5.74, 6) is 0.177. The molecule has 2 rings (SSSR count). The van der Waals surface area contributed by atoms with Crippen LogP contribution in [-0.2, 0) is 11.2 Å². The number of rotatable bonds is 4. The van der Waals surface area contributed by atoms with Gasteiger partial charge in [-0.15, -0.1) is 0 Å². The van der Waals surface area contributed by atoms with Gasteiger partial charge in [-0.3, -0.25) is 4.79 Å². The van der Waals surface area contributed by atoms with Crippen molar-refractivity contribution in [2.45, 2.75) is 18.1 Å². The van der Waals surface area contributed by atoms with Gasteiger partial charge in [-0.2, -0.15) is 12.6 Å². The number of amides is 1. The highest BCUT2D eigenvalue weighted by atomic mass is 32.1. The third-order valence-electron chi connectivity index (χ3n) is 3.20. The number of hydrogen-bond donors (Lipinski definition) is 1. The first-order valence-corrected chi connectivity index (χ1v) is 6.80. The normalized spacial score (nSPS) is 19.9. The van der Waals surface area contributed by atoms with E-state index in [1.165, 1.54) is 5.56 Å². The zero-order valence-corrected chi connectivity index (χ0v) is 11.9. The second kappa shape index (κ2) is 5.76. The first kappa shape index (κ1) is 13.4. The molecule has 1 aromatic rings. The fourth-order valence-corrected chi connectivity index (χ4v) is 2.45. The van der Waals surface area contributed by atoms with Gasteiger partial charge in [-0.05, 0) is 38.2 Å². The topological polar surface area (TPSA) is 23.6 Å². The molecule has 1 amide bonds. The standard InChI is InChI=1S/C14H20N2OS/c1-15(2)8-7-11-3-5-12(6-4-11)16-10-13(18)9-14(16)17/h3-6,13,18H,7-10H2,1-2H3. The van der Waals surface area contributed by atoms with Crippen LogP contribution in [0.3, 0.4) is 0 Å². The Morgan fingerprint density at radius 3 is 2.50 bits per heavy atom. The number of carbonyl (C=O) groups excluding carboxylic acids is 1. The maximum Gasteiger partial charge on any atom is 0.228 e. The van der Waals surface area contributed by atoms with E-state index in [2.05, 4.69) is 43.8 Å². The van der Waals surface area contributed by atoms with Gasteiger partial charge < -0.3 is 9.80 Å². The van der Waals surface area contributed by atoms with Crippen LogP contribution in [0.4, 0.5) is 5.69 Å². The molecule has 1 heterocycles. The Hall–Kier alpha value is -1.00. The van der Waals surface area contributed by atoms with E-state index in [0.717, 1.165) is 25.2 Å². The van der Waals surface area contributed by atoms with E-state index in [-0.39, 0.29) is 11.2 Å². The van der Waals surface area contributed by atoms with Crippen LogP contribution in [-0.4, -0.2) is 43.2 Å². The van der Waals surface area contributed by atoms with Crippen molar-refractivity contribution in [2.75, 3.05) is 32.1 Å². The van der Waals surface area contributed by atoms with Crippen LogP contribution in [0.2, 0.25) is 0 Å². The van der Waals surface area contributed by atoms with E-state index >= 15 is 0 Å². The molecule has 98 valence electrons. The molecule has 1 fully saturated rings. The number of nitrogens with zero attached hydrogens (tertiary/aromatic N) is 2. The van der Waals surface area contributed by atoms with Crippen molar-refractivity contribution in [2.24, 2.45) is 0 Å². The highest BCUT2D eigenvalue weighted by Crippen LogP contribution is 2.24. The summed E-state index contributed by atoms with van der Waals surface area (Å²) in [5, 5.41) is 0.172. The van der Waals surface area contributed by atoms with Gasteiger partial charge in [-0.25, -0.2) is 0 Å². The largest absolute Gasteiger partial charge is 0.311 e. The minimum Gasteiger partial charge on any atom is -0.311 e. The maximum absolute atomic E-state index is 11.8. The molecule has 0 saturated carbocycles. The second-order valence-corrected chi connectivity index (χ2v) is 5.81. The number of anilines is 1. The monoisotopic (exact) mass is 264 g/mol. The van der Waals surface area contributed by atoms with E-state index in [1.807, 2.05) is 17.0 Å². The zero-order valence-electron chi connectivity index (χ0n) is 11.0. The van der Waals surface area contributed by atoms with Gasteiger partial charge >= 0.3 is 0 Å². The Balaban J connectivity index is 2.01. The van der Waals surface area contributed by atoms with E-state index in [0.29, 0.717) is 6.42 Å². The Morgan fingerprint density at radius 2 is 2.00 bits per heavy atom. The lowest BCUT2D eigenvalue weighted by Gasteiger charge is -2.16. The number of thiol groups is 1. The third kappa shape index (κ3) is 3.27. The molecule has 1 atom stereocenters. The summed E-state index contributed by atoms with van der Waals surface area (Å²) in [6.07, 6.45) is 1.59. The SMILES string of the molecule is CN(C)CCc1ccc(N2CC(S)CC2=O)cc1. The molecule has 1 unspecified atom stereocenters. The number of benzene rings is 1. The summed E-state index contributed by atoms with van der Waals surface area (Å²) < 4.78 is 0. The van der Waals surface area contributed by atoms with Crippen molar-refractivity contribution >= 4 is 24.2 Å². The summed E-state index contributed by atoms with van der Waals surface area (Å²) in [6.45, 7) is 1.76. The summed E-state index contributed by atoms with van der Waals surface area (Å²) >= 11 is 4.37.